The lowest BCUT2D eigenvalue weighted by atomic mass is 10.0. The molecule has 2 aromatic carbocycles. The summed E-state index contributed by atoms with van der Waals surface area (Å²) in [6, 6.07) is 11.2. The van der Waals surface area contributed by atoms with Gasteiger partial charge in [-0.25, -0.2) is 0 Å². The predicted octanol–water partition coefficient (Wildman–Crippen LogP) is 2.05. The van der Waals surface area contributed by atoms with Gasteiger partial charge in [0.2, 0.25) is 0 Å². The molecule has 1 amide bonds. The molecule has 0 spiro atoms. The van der Waals surface area contributed by atoms with Crippen LogP contribution in [0.15, 0.2) is 42.5 Å². The number of nitro groups is 1. The summed E-state index contributed by atoms with van der Waals surface area (Å²) in [5.41, 5.74) is 3.37. The minimum absolute atomic E-state index is 0.0697. The summed E-state index contributed by atoms with van der Waals surface area (Å²) in [5, 5.41) is 23.6. The van der Waals surface area contributed by atoms with Crippen LogP contribution >= 0.6 is 0 Å². The van der Waals surface area contributed by atoms with Crippen LogP contribution in [0.25, 0.3) is 0 Å². The van der Waals surface area contributed by atoms with Crippen LogP contribution in [0.2, 0.25) is 0 Å². The first-order valence-corrected chi connectivity index (χ1v) is 8.00. The van der Waals surface area contributed by atoms with E-state index in [1.807, 2.05) is 25.2 Å². The SMILES string of the molecule is CN1CCc2cc(C(O)CNC(=O)c3ccc([N+](=O)[O-])cc3)ccc21. The molecule has 2 N–H and O–H groups in total. The van der Waals surface area contributed by atoms with Crippen molar-refractivity contribution in [2.45, 2.75) is 12.5 Å². The summed E-state index contributed by atoms with van der Waals surface area (Å²) in [6.07, 6.45) is 0.139. The van der Waals surface area contributed by atoms with E-state index < -0.39 is 11.0 Å². The fraction of sp³-hybridized carbons (Fsp3) is 0.278. The number of benzene rings is 2. The van der Waals surface area contributed by atoms with Gasteiger partial charge in [-0.2, -0.15) is 0 Å². The van der Waals surface area contributed by atoms with Crippen LogP contribution in [-0.2, 0) is 6.42 Å². The van der Waals surface area contributed by atoms with Gasteiger partial charge in [-0.15, -0.1) is 0 Å². The molecule has 0 bridgehead atoms. The molecule has 1 aliphatic rings. The molecule has 1 aliphatic heterocycles. The Bertz CT molecular complexity index is 804. The zero-order chi connectivity index (χ0) is 18.0. The number of anilines is 1. The predicted molar refractivity (Wildman–Crippen MR) is 93.8 cm³/mol. The highest BCUT2D eigenvalue weighted by Gasteiger charge is 2.18. The maximum Gasteiger partial charge on any atom is 0.269 e. The van der Waals surface area contributed by atoms with Crippen LogP contribution in [-0.4, -0.2) is 36.1 Å². The number of carbonyl (C=O) groups is 1. The highest BCUT2D eigenvalue weighted by molar-refractivity contribution is 5.94. The number of aliphatic hydroxyl groups excluding tert-OH is 1. The molecule has 2 aromatic rings. The van der Waals surface area contributed by atoms with Gasteiger partial charge in [-0.05, 0) is 35.7 Å². The lowest BCUT2D eigenvalue weighted by Gasteiger charge is -2.15. The van der Waals surface area contributed by atoms with Gasteiger partial charge in [0, 0.05) is 43.5 Å². The first-order valence-electron chi connectivity index (χ1n) is 8.00. The number of rotatable bonds is 5. The van der Waals surface area contributed by atoms with E-state index in [-0.39, 0.29) is 18.1 Å². The van der Waals surface area contributed by atoms with Crippen molar-refractivity contribution in [1.29, 1.82) is 0 Å². The zero-order valence-electron chi connectivity index (χ0n) is 13.8. The van der Waals surface area contributed by atoms with E-state index in [0.29, 0.717) is 5.56 Å². The van der Waals surface area contributed by atoms with E-state index in [1.165, 1.54) is 35.5 Å². The lowest BCUT2D eigenvalue weighted by molar-refractivity contribution is -0.384. The second-order valence-corrected chi connectivity index (χ2v) is 6.09. The minimum Gasteiger partial charge on any atom is -0.387 e. The fourth-order valence-corrected chi connectivity index (χ4v) is 2.94. The molecule has 0 aliphatic carbocycles. The molecule has 1 atom stereocenters. The molecular formula is C18H19N3O4. The molecule has 0 saturated heterocycles. The standard InChI is InChI=1S/C18H19N3O4/c1-20-9-8-13-10-14(4-7-16(13)20)17(22)11-19-18(23)12-2-5-15(6-3-12)21(24)25/h2-7,10,17,22H,8-9,11H2,1H3,(H,19,23). The van der Waals surface area contributed by atoms with Crippen LogP contribution in [0.1, 0.15) is 27.6 Å². The van der Waals surface area contributed by atoms with E-state index in [4.69, 9.17) is 0 Å². The second-order valence-electron chi connectivity index (χ2n) is 6.09. The number of fused-ring (bicyclic) bond motifs is 1. The van der Waals surface area contributed by atoms with Crippen LogP contribution in [0, 0.1) is 10.1 Å². The molecular weight excluding hydrogens is 322 g/mol. The van der Waals surface area contributed by atoms with Crippen molar-refractivity contribution in [1.82, 2.24) is 5.32 Å². The Kier molecular flexibility index (Phi) is 4.67. The summed E-state index contributed by atoms with van der Waals surface area (Å²) >= 11 is 0. The van der Waals surface area contributed by atoms with Crippen molar-refractivity contribution in [3.63, 3.8) is 0 Å². The molecule has 7 heteroatoms. The van der Waals surface area contributed by atoms with Crippen molar-refractivity contribution in [2.24, 2.45) is 0 Å². The van der Waals surface area contributed by atoms with E-state index in [1.54, 1.807) is 0 Å². The number of carbonyl (C=O) groups excluding carboxylic acids is 1. The monoisotopic (exact) mass is 341 g/mol. The quantitative estimate of drug-likeness (QED) is 0.641. The first kappa shape index (κ1) is 16.9. The maximum absolute atomic E-state index is 12.1. The molecule has 1 unspecified atom stereocenters. The zero-order valence-corrected chi connectivity index (χ0v) is 13.8. The summed E-state index contributed by atoms with van der Waals surface area (Å²) < 4.78 is 0. The van der Waals surface area contributed by atoms with Gasteiger partial charge in [0.05, 0.1) is 11.0 Å². The molecule has 3 rings (SSSR count). The van der Waals surface area contributed by atoms with Gasteiger partial charge >= 0.3 is 0 Å². The Labute approximate surface area is 145 Å². The average molecular weight is 341 g/mol. The van der Waals surface area contributed by atoms with Gasteiger partial charge in [-0.3, -0.25) is 14.9 Å². The van der Waals surface area contributed by atoms with Gasteiger partial charge in [-0.1, -0.05) is 12.1 Å². The molecule has 0 radical (unpaired) electrons. The van der Waals surface area contributed by atoms with Crippen molar-refractivity contribution >= 4 is 17.3 Å². The molecule has 0 aromatic heterocycles. The number of non-ortho nitro benzene ring substituents is 1. The van der Waals surface area contributed by atoms with E-state index in [2.05, 4.69) is 10.2 Å². The van der Waals surface area contributed by atoms with Crippen LogP contribution in [0.3, 0.4) is 0 Å². The number of amides is 1. The number of aliphatic hydroxyl groups is 1. The molecule has 1 heterocycles. The Morgan fingerprint density at radius 2 is 2.04 bits per heavy atom. The third-order valence-electron chi connectivity index (χ3n) is 4.41. The summed E-state index contributed by atoms with van der Waals surface area (Å²) in [6.45, 7) is 1.04. The number of nitro benzene ring substituents is 1. The Morgan fingerprint density at radius 3 is 2.72 bits per heavy atom. The van der Waals surface area contributed by atoms with Gasteiger partial charge in [0.25, 0.3) is 11.6 Å². The molecule has 130 valence electrons. The first-order chi connectivity index (χ1) is 12.0. The van der Waals surface area contributed by atoms with Gasteiger partial charge < -0.3 is 15.3 Å². The third-order valence-corrected chi connectivity index (χ3v) is 4.41. The topological polar surface area (TPSA) is 95.7 Å². The van der Waals surface area contributed by atoms with E-state index >= 15 is 0 Å². The highest BCUT2D eigenvalue weighted by Crippen LogP contribution is 2.29. The van der Waals surface area contributed by atoms with Crippen LogP contribution < -0.4 is 10.2 Å². The number of nitrogens with one attached hydrogen (secondary N) is 1. The molecule has 7 nitrogen and oxygen atoms in total. The number of hydrogen-bond acceptors (Lipinski definition) is 5. The van der Waals surface area contributed by atoms with Gasteiger partial charge in [0.15, 0.2) is 0 Å². The Morgan fingerprint density at radius 1 is 1.32 bits per heavy atom. The van der Waals surface area contributed by atoms with Gasteiger partial charge in [0.1, 0.15) is 0 Å². The third kappa shape index (κ3) is 3.61. The largest absolute Gasteiger partial charge is 0.387 e. The minimum atomic E-state index is -0.807. The summed E-state index contributed by atoms with van der Waals surface area (Å²) in [5.74, 6) is -0.380. The smallest absolute Gasteiger partial charge is 0.269 e. The van der Waals surface area contributed by atoms with Crippen molar-refractivity contribution < 1.29 is 14.8 Å². The van der Waals surface area contributed by atoms with Crippen molar-refractivity contribution in [3.8, 4) is 0 Å². The fourth-order valence-electron chi connectivity index (χ4n) is 2.94. The highest BCUT2D eigenvalue weighted by atomic mass is 16.6. The van der Waals surface area contributed by atoms with E-state index in [0.717, 1.165) is 18.5 Å². The van der Waals surface area contributed by atoms with E-state index in [9.17, 15) is 20.0 Å². The number of nitrogens with zero attached hydrogens (tertiary/aromatic N) is 2. The molecule has 0 fully saturated rings. The van der Waals surface area contributed by atoms with Crippen molar-refractivity contribution in [3.05, 3.63) is 69.3 Å². The van der Waals surface area contributed by atoms with Crippen molar-refractivity contribution in [2.75, 3.05) is 25.0 Å². The Hall–Kier alpha value is -2.93. The molecule has 0 saturated carbocycles. The van der Waals surface area contributed by atoms with Crippen LogP contribution in [0.5, 0.6) is 0 Å². The lowest BCUT2D eigenvalue weighted by Crippen LogP contribution is -2.28. The number of hydrogen-bond donors (Lipinski definition) is 2. The van der Waals surface area contributed by atoms with Crippen LogP contribution in [0.4, 0.5) is 11.4 Å². The molecule has 25 heavy (non-hydrogen) atoms. The maximum atomic E-state index is 12.1. The average Bonchev–Trinajstić information content (AvgIpc) is 3.00. The number of likely N-dealkylation sites (N-methyl/N-ethyl adjacent to an activating group) is 1. The Balaban J connectivity index is 1.61. The second kappa shape index (κ2) is 6.90. The normalized spacial score (nSPS) is 14.1. The summed E-state index contributed by atoms with van der Waals surface area (Å²) in [7, 11) is 2.03. The summed E-state index contributed by atoms with van der Waals surface area (Å²) in [4.78, 5) is 24.4.